The zero-order valence-electron chi connectivity index (χ0n) is 18.2. The molecule has 0 aliphatic carbocycles. The van der Waals surface area contributed by atoms with Crippen molar-refractivity contribution in [2.75, 3.05) is 24.3 Å². The van der Waals surface area contributed by atoms with Gasteiger partial charge in [0.25, 0.3) is 5.91 Å². The van der Waals surface area contributed by atoms with E-state index in [2.05, 4.69) is 15.6 Å². The molecular weight excluding hydrogens is 417 g/mol. The molecule has 2 N–H and O–H groups in total. The van der Waals surface area contributed by atoms with Crippen molar-refractivity contribution in [2.24, 2.45) is 0 Å². The summed E-state index contributed by atoms with van der Waals surface area (Å²) in [7, 11) is 1.52. The normalized spacial score (nSPS) is 10.5. The molecule has 0 unspecified atom stereocenters. The average molecular weight is 442 g/mol. The molecule has 0 spiro atoms. The van der Waals surface area contributed by atoms with Crippen molar-refractivity contribution in [3.8, 4) is 16.9 Å². The standard InChI is InChI=1S/C27H24FN3O2/c1-33-26-14-9-19(28)18-25(26)23-7-2-3-8-24(23)27(32)31-22-12-10-21(11-13-22)30-17-15-20-6-4-5-16-29-20/h2-14,16,18,30H,15,17H2,1H3,(H,31,32). The smallest absolute Gasteiger partial charge is 0.256 e. The van der Waals surface area contributed by atoms with E-state index in [1.165, 1.54) is 19.2 Å². The molecule has 33 heavy (non-hydrogen) atoms. The van der Waals surface area contributed by atoms with Gasteiger partial charge in [-0.05, 0) is 66.2 Å². The molecule has 1 heterocycles. The number of pyridine rings is 1. The van der Waals surface area contributed by atoms with Crippen LogP contribution >= 0.6 is 0 Å². The first-order chi connectivity index (χ1) is 16.1. The van der Waals surface area contributed by atoms with E-state index in [4.69, 9.17) is 4.74 Å². The summed E-state index contributed by atoms with van der Waals surface area (Å²) in [6.07, 6.45) is 2.61. The molecule has 0 aliphatic rings. The number of hydrogen-bond donors (Lipinski definition) is 2. The Morgan fingerprint density at radius 1 is 0.909 bits per heavy atom. The number of nitrogens with zero attached hydrogens (tertiary/aromatic N) is 1. The van der Waals surface area contributed by atoms with Gasteiger partial charge < -0.3 is 15.4 Å². The van der Waals surface area contributed by atoms with Crippen molar-refractivity contribution < 1.29 is 13.9 Å². The van der Waals surface area contributed by atoms with Crippen LogP contribution in [0.15, 0.2) is 91.1 Å². The Labute approximate surface area is 192 Å². The van der Waals surface area contributed by atoms with Gasteiger partial charge in [0.05, 0.1) is 7.11 Å². The molecule has 3 aromatic carbocycles. The Bertz CT molecular complexity index is 1230. The fraction of sp³-hybridized carbons (Fsp3) is 0.111. The maximum absolute atomic E-state index is 13.9. The second kappa shape index (κ2) is 10.4. The molecule has 0 radical (unpaired) electrons. The van der Waals surface area contributed by atoms with E-state index in [0.717, 1.165) is 24.3 Å². The summed E-state index contributed by atoms with van der Waals surface area (Å²) in [5.41, 5.74) is 4.20. The maximum atomic E-state index is 13.9. The van der Waals surface area contributed by atoms with Gasteiger partial charge in [0.1, 0.15) is 11.6 Å². The zero-order valence-corrected chi connectivity index (χ0v) is 18.2. The highest BCUT2D eigenvalue weighted by atomic mass is 19.1. The van der Waals surface area contributed by atoms with E-state index < -0.39 is 5.82 Å². The lowest BCUT2D eigenvalue weighted by Crippen LogP contribution is -2.13. The largest absolute Gasteiger partial charge is 0.496 e. The number of aromatic nitrogens is 1. The van der Waals surface area contributed by atoms with Crippen molar-refractivity contribution in [1.82, 2.24) is 4.98 Å². The number of anilines is 2. The van der Waals surface area contributed by atoms with Crippen LogP contribution in [0.1, 0.15) is 16.1 Å². The molecule has 1 aromatic heterocycles. The highest BCUT2D eigenvalue weighted by molar-refractivity contribution is 6.09. The molecule has 0 saturated heterocycles. The third-order valence-corrected chi connectivity index (χ3v) is 5.20. The van der Waals surface area contributed by atoms with E-state index in [0.29, 0.717) is 28.1 Å². The van der Waals surface area contributed by atoms with Gasteiger partial charge in [0, 0.05) is 47.4 Å². The zero-order chi connectivity index (χ0) is 23.0. The van der Waals surface area contributed by atoms with Crippen molar-refractivity contribution in [2.45, 2.75) is 6.42 Å². The van der Waals surface area contributed by atoms with Gasteiger partial charge in [-0.3, -0.25) is 9.78 Å². The van der Waals surface area contributed by atoms with Crippen molar-refractivity contribution in [3.63, 3.8) is 0 Å². The van der Waals surface area contributed by atoms with Crippen LogP contribution in [0, 0.1) is 5.82 Å². The van der Waals surface area contributed by atoms with Gasteiger partial charge in [-0.1, -0.05) is 24.3 Å². The molecule has 4 aromatic rings. The summed E-state index contributed by atoms with van der Waals surface area (Å²) in [6.45, 7) is 0.756. The molecular formula is C27H24FN3O2. The van der Waals surface area contributed by atoms with Crippen LogP contribution in [-0.2, 0) is 6.42 Å². The van der Waals surface area contributed by atoms with E-state index in [1.54, 1.807) is 30.5 Å². The number of carbonyl (C=O) groups excluding carboxylic acids is 1. The first-order valence-corrected chi connectivity index (χ1v) is 10.6. The summed E-state index contributed by atoms with van der Waals surface area (Å²) in [5.74, 6) is -0.183. The Balaban J connectivity index is 1.44. The number of ether oxygens (including phenoxy) is 1. The highest BCUT2D eigenvalue weighted by Crippen LogP contribution is 2.33. The fourth-order valence-corrected chi connectivity index (χ4v) is 3.56. The van der Waals surface area contributed by atoms with Crippen LogP contribution < -0.4 is 15.4 Å². The number of halogens is 1. The monoisotopic (exact) mass is 441 g/mol. The summed E-state index contributed by atoms with van der Waals surface area (Å²) in [4.78, 5) is 17.4. The third-order valence-electron chi connectivity index (χ3n) is 5.20. The molecule has 1 amide bonds. The fourth-order valence-electron chi connectivity index (χ4n) is 3.56. The lowest BCUT2D eigenvalue weighted by molar-refractivity contribution is 0.102. The summed E-state index contributed by atoms with van der Waals surface area (Å²) < 4.78 is 19.3. The van der Waals surface area contributed by atoms with E-state index in [-0.39, 0.29) is 5.91 Å². The molecule has 6 heteroatoms. The minimum Gasteiger partial charge on any atom is -0.496 e. The summed E-state index contributed by atoms with van der Waals surface area (Å²) in [5, 5.41) is 6.27. The second-order valence-electron chi connectivity index (χ2n) is 7.42. The minimum atomic E-state index is -0.396. The lowest BCUT2D eigenvalue weighted by Gasteiger charge is -2.14. The van der Waals surface area contributed by atoms with Gasteiger partial charge in [-0.15, -0.1) is 0 Å². The number of nitrogens with one attached hydrogen (secondary N) is 2. The lowest BCUT2D eigenvalue weighted by atomic mass is 9.98. The Morgan fingerprint density at radius 3 is 2.42 bits per heavy atom. The Morgan fingerprint density at radius 2 is 1.67 bits per heavy atom. The first-order valence-electron chi connectivity index (χ1n) is 10.6. The molecule has 5 nitrogen and oxygen atoms in total. The average Bonchev–Trinajstić information content (AvgIpc) is 2.86. The van der Waals surface area contributed by atoms with Gasteiger partial charge >= 0.3 is 0 Å². The number of carbonyl (C=O) groups is 1. The van der Waals surface area contributed by atoms with Crippen molar-refractivity contribution >= 4 is 17.3 Å². The van der Waals surface area contributed by atoms with E-state index in [1.807, 2.05) is 48.5 Å². The predicted octanol–water partition coefficient (Wildman–Crippen LogP) is 5.80. The number of amides is 1. The van der Waals surface area contributed by atoms with Crippen molar-refractivity contribution in [1.29, 1.82) is 0 Å². The van der Waals surface area contributed by atoms with Gasteiger partial charge in [-0.25, -0.2) is 4.39 Å². The van der Waals surface area contributed by atoms with E-state index >= 15 is 0 Å². The van der Waals surface area contributed by atoms with E-state index in [9.17, 15) is 9.18 Å². The topological polar surface area (TPSA) is 63.2 Å². The number of benzene rings is 3. The molecule has 0 atom stereocenters. The third kappa shape index (κ3) is 5.54. The minimum absolute atomic E-state index is 0.284. The number of rotatable bonds is 8. The molecule has 4 rings (SSSR count). The van der Waals surface area contributed by atoms with Crippen molar-refractivity contribution in [3.05, 3.63) is 108 Å². The molecule has 0 bridgehead atoms. The van der Waals surface area contributed by atoms with Crippen LogP contribution in [0.25, 0.3) is 11.1 Å². The van der Waals surface area contributed by atoms with Gasteiger partial charge in [-0.2, -0.15) is 0 Å². The molecule has 0 aliphatic heterocycles. The quantitative estimate of drug-likeness (QED) is 0.363. The molecule has 0 saturated carbocycles. The van der Waals surface area contributed by atoms with Crippen LogP contribution in [0.2, 0.25) is 0 Å². The molecule has 166 valence electrons. The molecule has 0 fully saturated rings. The van der Waals surface area contributed by atoms with Crippen LogP contribution in [-0.4, -0.2) is 24.5 Å². The van der Waals surface area contributed by atoms with Crippen LogP contribution in [0.4, 0.5) is 15.8 Å². The van der Waals surface area contributed by atoms with Crippen LogP contribution in [0.5, 0.6) is 5.75 Å². The SMILES string of the molecule is COc1ccc(F)cc1-c1ccccc1C(=O)Nc1ccc(NCCc2ccccn2)cc1. The van der Waals surface area contributed by atoms with Crippen LogP contribution in [0.3, 0.4) is 0 Å². The Kier molecular flexibility index (Phi) is 6.95. The number of hydrogen-bond acceptors (Lipinski definition) is 4. The second-order valence-corrected chi connectivity index (χ2v) is 7.42. The summed E-state index contributed by atoms with van der Waals surface area (Å²) in [6, 6.07) is 24.7. The summed E-state index contributed by atoms with van der Waals surface area (Å²) >= 11 is 0. The highest BCUT2D eigenvalue weighted by Gasteiger charge is 2.16. The Hall–Kier alpha value is -4.19. The predicted molar refractivity (Wildman–Crippen MR) is 129 cm³/mol. The number of methoxy groups -OCH3 is 1. The van der Waals surface area contributed by atoms with Gasteiger partial charge in [0.2, 0.25) is 0 Å². The van der Waals surface area contributed by atoms with Gasteiger partial charge in [0.15, 0.2) is 0 Å². The first kappa shape index (κ1) is 22.0. The maximum Gasteiger partial charge on any atom is 0.256 e.